The Morgan fingerprint density at radius 1 is 1.29 bits per heavy atom. The zero-order chi connectivity index (χ0) is 13.4. The number of benzene rings is 1. The van der Waals surface area contributed by atoms with E-state index in [2.05, 4.69) is 0 Å². The van der Waals surface area contributed by atoms with Crippen LogP contribution in [0.5, 0.6) is 0 Å². The SMILES string of the molecule is O=[N+]([O-])c1ccc(Cl)c(S(=O)(=O)C(F)(F)F)c1. The van der Waals surface area contributed by atoms with Gasteiger partial charge in [-0.2, -0.15) is 13.2 Å². The van der Waals surface area contributed by atoms with Crippen LogP contribution in [0, 0.1) is 10.1 Å². The van der Waals surface area contributed by atoms with Crippen molar-refractivity contribution in [3.8, 4) is 0 Å². The first-order valence-corrected chi connectivity index (χ1v) is 5.69. The summed E-state index contributed by atoms with van der Waals surface area (Å²) >= 11 is 5.29. The summed E-state index contributed by atoms with van der Waals surface area (Å²) in [6.45, 7) is 0. The molecule has 0 spiro atoms. The third kappa shape index (κ3) is 2.50. The van der Waals surface area contributed by atoms with Gasteiger partial charge in [0.2, 0.25) is 0 Å². The Hall–Kier alpha value is -1.35. The lowest BCUT2D eigenvalue weighted by molar-refractivity contribution is -0.385. The fraction of sp³-hybridized carbons (Fsp3) is 0.143. The molecule has 0 aliphatic carbocycles. The number of non-ortho nitro benzene ring substituents is 1. The van der Waals surface area contributed by atoms with E-state index in [1.165, 1.54) is 0 Å². The fourth-order valence-corrected chi connectivity index (χ4v) is 2.21. The second-order valence-corrected chi connectivity index (χ2v) is 5.14. The van der Waals surface area contributed by atoms with Crippen molar-refractivity contribution in [1.29, 1.82) is 0 Å². The number of sulfone groups is 1. The summed E-state index contributed by atoms with van der Waals surface area (Å²) in [6.07, 6.45) is 0. The standard InChI is InChI=1S/C7H3ClF3NO4S/c8-5-2-1-4(12(13)14)3-6(5)17(15,16)7(9,10)11/h1-3H. The van der Waals surface area contributed by atoms with Gasteiger partial charge in [-0.3, -0.25) is 10.1 Å². The molecule has 0 heterocycles. The Kier molecular flexibility index (Phi) is 3.35. The third-order valence-electron chi connectivity index (χ3n) is 1.72. The molecule has 1 rings (SSSR count). The summed E-state index contributed by atoms with van der Waals surface area (Å²) in [7, 11) is -5.70. The van der Waals surface area contributed by atoms with Crippen LogP contribution in [0.3, 0.4) is 0 Å². The van der Waals surface area contributed by atoms with Gasteiger partial charge in [-0.1, -0.05) is 11.6 Å². The first kappa shape index (κ1) is 13.7. The van der Waals surface area contributed by atoms with Crippen molar-refractivity contribution in [1.82, 2.24) is 0 Å². The topological polar surface area (TPSA) is 77.3 Å². The van der Waals surface area contributed by atoms with Crippen LogP contribution < -0.4 is 0 Å². The molecule has 0 unspecified atom stereocenters. The van der Waals surface area contributed by atoms with Gasteiger partial charge < -0.3 is 0 Å². The highest BCUT2D eigenvalue weighted by Gasteiger charge is 2.48. The van der Waals surface area contributed by atoms with Gasteiger partial charge in [0.25, 0.3) is 15.5 Å². The van der Waals surface area contributed by atoms with Crippen molar-refractivity contribution in [2.75, 3.05) is 0 Å². The minimum atomic E-state index is -5.70. The Balaban J connectivity index is 3.52. The lowest BCUT2D eigenvalue weighted by Gasteiger charge is -2.09. The van der Waals surface area contributed by atoms with Gasteiger partial charge in [-0.25, -0.2) is 8.42 Å². The average molecular weight is 290 g/mol. The monoisotopic (exact) mass is 289 g/mol. The first-order chi connectivity index (χ1) is 7.57. The average Bonchev–Trinajstić information content (AvgIpc) is 2.15. The van der Waals surface area contributed by atoms with E-state index < -0.39 is 35.9 Å². The summed E-state index contributed by atoms with van der Waals surface area (Å²) in [5, 5.41) is 9.60. The van der Waals surface area contributed by atoms with Crippen LogP contribution in [0.2, 0.25) is 5.02 Å². The molecule has 0 fully saturated rings. The first-order valence-electron chi connectivity index (χ1n) is 3.82. The van der Waals surface area contributed by atoms with Crippen LogP contribution in [-0.2, 0) is 9.84 Å². The molecule has 0 saturated heterocycles. The molecule has 0 radical (unpaired) electrons. The smallest absolute Gasteiger partial charge is 0.258 e. The van der Waals surface area contributed by atoms with E-state index in [4.69, 9.17) is 11.6 Å². The largest absolute Gasteiger partial charge is 0.501 e. The highest BCUT2D eigenvalue weighted by Crippen LogP contribution is 2.35. The van der Waals surface area contributed by atoms with Crippen LogP contribution in [0.15, 0.2) is 23.1 Å². The Bertz CT molecular complexity index is 569. The van der Waals surface area contributed by atoms with Crippen LogP contribution in [-0.4, -0.2) is 18.8 Å². The van der Waals surface area contributed by atoms with E-state index in [0.717, 1.165) is 12.1 Å². The normalized spacial score (nSPS) is 12.5. The molecule has 1 aromatic carbocycles. The molecule has 0 amide bonds. The summed E-state index contributed by atoms with van der Waals surface area (Å²) in [5.41, 5.74) is -6.36. The lowest BCUT2D eigenvalue weighted by Crippen LogP contribution is -2.23. The zero-order valence-corrected chi connectivity index (χ0v) is 9.30. The molecule has 94 valence electrons. The van der Waals surface area contributed by atoms with Crippen LogP contribution in [0.25, 0.3) is 0 Å². The number of nitro groups is 1. The van der Waals surface area contributed by atoms with Crippen LogP contribution in [0.4, 0.5) is 18.9 Å². The summed E-state index contributed by atoms with van der Waals surface area (Å²) < 4.78 is 58.7. The molecule has 0 aromatic heterocycles. The van der Waals surface area contributed by atoms with E-state index in [1.54, 1.807) is 0 Å². The van der Waals surface area contributed by atoms with Crippen LogP contribution >= 0.6 is 11.6 Å². The molecule has 0 saturated carbocycles. The van der Waals surface area contributed by atoms with Gasteiger partial charge in [0, 0.05) is 12.1 Å². The summed E-state index contributed by atoms with van der Waals surface area (Å²) in [4.78, 5) is 7.97. The minimum Gasteiger partial charge on any atom is -0.258 e. The van der Waals surface area contributed by atoms with E-state index in [-0.39, 0.29) is 6.07 Å². The number of alkyl halides is 3. The molecule has 5 nitrogen and oxygen atoms in total. The Morgan fingerprint density at radius 3 is 2.24 bits per heavy atom. The maximum absolute atomic E-state index is 12.2. The number of nitro benzene ring substituents is 1. The molecular formula is C7H3ClF3NO4S. The Morgan fingerprint density at radius 2 is 1.82 bits per heavy atom. The molecular weight excluding hydrogens is 287 g/mol. The molecule has 0 atom stereocenters. The van der Waals surface area contributed by atoms with Crippen molar-refractivity contribution >= 4 is 27.1 Å². The molecule has 1 aromatic rings. The van der Waals surface area contributed by atoms with Gasteiger partial charge in [-0.05, 0) is 6.07 Å². The van der Waals surface area contributed by atoms with Gasteiger partial charge in [0.1, 0.15) is 4.90 Å². The van der Waals surface area contributed by atoms with Crippen molar-refractivity contribution < 1.29 is 26.5 Å². The van der Waals surface area contributed by atoms with Crippen molar-refractivity contribution in [3.05, 3.63) is 33.3 Å². The van der Waals surface area contributed by atoms with Crippen molar-refractivity contribution in [2.45, 2.75) is 10.4 Å². The molecule has 0 aliphatic rings. The second-order valence-electron chi connectivity index (χ2n) is 2.82. The van der Waals surface area contributed by atoms with E-state index in [1.807, 2.05) is 0 Å². The molecule has 17 heavy (non-hydrogen) atoms. The highest BCUT2D eigenvalue weighted by atomic mass is 35.5. The van der Waals surface area contributed by atoms with Gasteiger partial charge >= 0.3 is 5.51 Å². The Labute approximate surface area is 97.9 Å². The predicted molar refractivity (Wildman–Crippen MR) is 51.3 cm³/mol. The van der Waals surface area contributed by atoms with Crippen molar-refractivity contribution in [3.63, 3.8) is 0 Å². The maximum atomic E-state index is 12.2. The van der Waals surface area contributed by atoms with Crippen molar-refractivity contribution in [2.24, 2.45) is 0 Å². The number of hydrogen-bond donors (Lipinski definition) is 0. The number of halogens is 4. The number of rotatable bonds is 2. The van der Waals surface area contributed by atoms with E-state index in [9.17, 15) is 31.7 Å². The van der Waals surface area contributed by atoms with Gasteiger partial charge in [0.15, 0.2) is 0 Å². The fourth-order valence-electron chi connectivity index (χ4n) is 0.936. The molecule has 0 N–H and O–H groups in total. The predicted octanol–water partition coefficient (Wildman–Crippen LogP) is 2.54. The number of nitrogens with zero attached hydrogens (tertiary/aromatic N) is 1. The minimum absolute atomic E-state index is 0.269. The summed E-state index contributed by atoms with van der Waals surface area (Å²) in [6, 6.07) is 1.79. The zero-order valence-electron chi connectivity index (χ0n) is 7.73. The van der Waals surface area contributed by atoms with Gasteiger partial charge in [-0.15, -0.1) is 0 Å². The molecule has 10 heteroatoms. The maximum Gasteiger partial charge on any atom is 0.501 e. The van der Waals surface area contributed by atoms with E-state index in [0.29, 0.717) is 0 Å². The molecule has 0 aliphatic heterocycles. The highest BCUT2D eigenvalue weighted by molar-refractivity contribution is 7.92. The lowest BCUT2D eigenvalue weighted by atomic mass is 10.3. The van der Waals surface area contributed by atoms with Crippen LogP contribution in [0.1, 0.15) is 0 Å². The second kappa shape index (κ2) is 4.15. The van der Waals surface area contributed by atoms with Gasteiger partial charge in [0.05, 0.1) is 9.95 Å². The molecule has 0 bridgehead atoms. The summed E-state index contributed by atoms with van der Waals surface area (Å²) in [5.74, 6) is 0. The van der Waals surface area contributed by atoms with E-state index >= 15 is 0 Å². The third-order valence-corrected chi connectivity index (χ3v) is 3.69. The number of hydrogen-bond acceptors (Lipinski definition) is 4. The quantitative estimate of drug-likeness (QED) is 0.619.